The van der Waals surface area contributed by atoms with Gasteiger partial charge in [-0.3, -0.25) is 0 Å². The Morgan fingerprint density at radius 1 is 0.713 bits per heavy atom. The standard InChI is InChI=1S/C8H10O2.C8H16O2.C7H9NOS2.C7H12O2.C7H14.C6H14O.C5H12.C4H9Br.C4H10O.C4H8.C4H6.C3H7ClO.C2H6O.2CH4/c9-5-7-1-2-8(6-10)4-3-7;1-2-6-9-8-5-3-4-7-10-8;9-5-6-10-11-7-3-1-2-4-8-7;1-4-5-9-7(8)6(2)3;1-7-5-3-2-4-6-7;1-3-5-7-6-4-2;1-3-5-4-2;2*1-2-3-4-5;2*1-3-4-2;4-2-1-3-5;1-2-3;;/h1-4,9-10H,5-6H2;8H,2-7H2,1H3;1-4,9H,5-6H2;2,4-5H2,1,3H3;7H,2-6H2,1H3;3-6H2,1-2H3;3-5H2,1-2H3;2-4H2,1H3;5H,2-4H2,1H3;3H,1,4H2,2H3;1H,4H2,2H3;5H,1-3H2;3H,2H2,1H3;2*1H4. The van der Waals surface area contributed by atoms with Crippen molar-refractivity contribution >= 4 is 55.1 Å². The Morgan fingerprint density at radius 2 is 1.18 bits per heavy atom. The Balaban J connectivity index is -0.0000000811. The Labute approximate surface area is 560 Å². The second kappa shape index (κ2) is 112. The summed E-state index contributed by atoms with van der Waals surface area (Å²) >= 11 is 8.45. The molecule has 16 heteroatoms. The topological polar surface area (TPSA) is 188 Å². The normalized spacial score (nSPS) is 11.8. The first kappa shape index (κ1) is 110. The van der Waals surface area contributed by atoms with Crippen LogP contribution in [0.3, 0.4) is 0 Å². The lowest BCUT2D eigenvalue weighted by atomic mass is 9.91. The third kappa shape index (κ3) is 126. The lowest BCUT2D eigenvalue weighted by Crippen LogP contribution is -2.22. The second-order valence-corrected chi connectivity index (χ2v) is 22.3. The molecule has 1 saturated carbocycles. The van der Waals surface area contributed by atoms with E-state index in [9.17, 15) is 4.79 Å². The number of hydrogen-bond acceptors (Lipinski definition) is 14. The van der Waals surface area contributed by atoms with Crippen LogP contribution in [-0.4, -0.2) is 124 Å². The van der Waals surface area contributed by atoms with Crippen LogP contribution in [0.4, 0.5) is 0 Å². The number of benzene rings is 1. The highest BCUT2D eigenvalue weighted by Crippen LogP contribution is 2.28. The largest absolute Gasteiger partial charge is 0.462 e. The minimum atomic E-state index is -0.295. The van der Waals surface area contributed by atoms with Crippen molar-refractivity contribution in [3.05, 3.63) is 84.6 Å². The number of aromatic nitrogens is 1. The van der Waals surface area contributed by atoms with Crippen LogP contribution in [-0.2, 0) is 37.0 Å². The number of unbranched alkanes of at least 4 members (excludes halogenated alkanes) is 4. The molecule has 1 saturated heterocycles. The third-order valence-corrected chi connectivity index (χ3v) is 12.9. The zero-order valence-electron chi connectivity index (χ0n) is 56.5. The predicted molar refractivity (Wildman–Crippen MR) is 392 cm³/mol. The number of allylic oxidation sites excluding steroid dienone is 1. The van der Waals surface area contributed by atoms with E-state index in [2.05, 4.69) is 102 Å². The molecule has 0 amide bonds. The van der Waals surface area contributed by atoms with Gasteiger partial charge in [0.05, 0.1) is 26.4 Å². The zero-order chi connectivity index (χ0) is 66.5. The maximum Gasteiger partial charge on any atom is 0.333 e. The van der Waals surface area contributed by atoms with E-state index in [0.29, 0.717) is 31.1 Å². The van der Waals surface area contributed by atoms with Gasteiger partial charge < -0.3 is 49.6 Å². The molecule has 1 atom stereocenters. The van der Waals surface area contributed by atoms with Gasteiger partial charge in [0.25, 0.3) is 0 Å². The molecule has 1 aliphatic heterocycles. The Hall–Kier alpha value is -2.01. The van der Waals surface area contributed by atoms with Gasteiger partial charge in [-0.25, -0.2) is 9.78 Å². The second-order valence-electron chi connectivity index (χ2n) is 18.7. The first-order valence-corrected chi connectivity index (χ1v) is 35.8. The molecule has 6 N–H and O–H groups in total. The fourth-order valence-electron chi connectivity index (χ4n) is 5.10. The zero-order valence-corrected chi connectivity index (χ0v) is 60.5. The molecular formula is C71H141BrClNO11S2. The lowest BCUT2D eigenvalue weighted by molar-refractivity contribution is -0.162. The van der Waals surface area contributed by atoms with E-state index in [-0.39, 0.29) is 60.1 Å². The van der Waals surface area contributed by atoms with Crippen LogP contribution >= 0.6 is 49.1 Å². The number of pyridine rings is 1. The number of alkyl halides is 2. The first-order valence-electron chi connectivity index (χ1n) is 31.9. The average molecular weight is 1360 g/mol. The van der Waals surface area contributed by atoms with Crippen molar-refractivity contribution < 1.29 is 54.4 Å². The smallest absolute Gasteiger partial charge is 0.333 e. The van der Waals surface area contributed by atoms with Crippen molar-refractivity contribution in [1.82, 2.24) is 4.98 Å². The fourth-order valence-corrected chi connectivity index (χ4v) is 7.43. The van der Waals surface area contributed by atoms with Crippen LogP contribution in [0, 0.1) is 18.3 Å². The summed E-state index contributed by atoms with van der Waals surface area (Å²) in [6.45, 7) is 38.8. The maximum atomic E-state index is 10.6. The quantitative estimate of drug-likeness (QED) is 0.0105. The van der Waals surface area contributed by atoms with Gasteiger partial charge in [0.2, 0.25) is 0 Å². The number of carbonyl (C=O) groups excluding carboxylic acids is 1. The summed E-state index contributed by atoms with van der Waals surface area (Å²) in [6.07, 6.45) is 35.1. The van der Waals surface area contributed by atoms with Crippen LogP contribution < -0.4 is 0 Å². The maximum absolute atomic E-state index is 10.6. The number of aliphatic hydroxyl groups excluding tert-OH is 6. The monoisotopic (exact) mass is 1360 g/mol. The molecule has 0 bridgehead atoms. The molecule has 2 aliphatic rings. The fraction of sp³-hybridized carbons (Fsp3) is 0.746. The number of nitrogens with zero attached hydrogens (tertiary/aromatic N) is 1. The number of hydrogen-bond donors (Lipinski definition) is 6. The molecule has 12 nitrogen and oxygen atoms in total. The highest BCUT2D eigenvalue weighted by Gasteiger charge is 2.12. The summed E-state index contributed by atoms with van der Waals surface area (Å²) < 4.78 is 20.6. The number of esters is 1. The molecule has 2 fully saturated rings. The SMILES string of the molecule is C.C.C#CCC.C=C(C)C(=O)OCCC.C=CCC.CC1CCCCC1.CCCCBr.CCCCC.CCCCO.CCCOC1CCCCO1.CCCOCCC.CCO.OCCCCl.OCCSSc1ccccn1.OCc1ccc(CO)cc1. The van der Waals surface area contributed by atoms with Gasteiger partial charge in [0.15, 0.2) is 6.29 Å². The number of rotatable bonds is 25. The minimum absolute atomic E-state index is 0. The summed E-state index contributed by atoms with van der Waals surface area (Å²) in [6, 6.07) is 13.0. The van der Waals surface area contributed by atoms with Crippen LogP contribution in [0.2, 0.25) is 0 Å². The molecule has 1 aromatic carbocycles. The first-order chi connectivity index (χ1) is 41.1. The average Bonchev–Trinajstić information content (AvgIpc) is 3.60. The number of terminal acetylenes is 1. The van der Waals surface area contributed by atoms with Crippen molar-refractivity contribution in [1.29, 1.82) is 0 Å². The van der Waals surface area contributed by atoms with E-state index < -0.39 is 0 Å². The predicted octanol–water partition coefficient (Wildman–Crippen LogP) is 20.0. The van der Waals surface area contributed by atoms with E-state index in [1.807, 2.05) is 38.1 Å². The van der Waals surface area contributed by atoms with Gasteiger partial charge in [-0.15, -0.1) is 30.5 Å². The van der Waals surface area contributed by atoms with Gasteiger partial charge in [0, 0.05) is 81.4 Å². The van der Waals surface area contributed by atoms with Crippen LogP contribution in [0.25, 0.3) is 0 Å². The van der Waals surface area contributed by atoms with Gasteiger partial charge in [-0.2, -0.15) is 0 Å². The Morgan fingerprint density at radius 3 is 1.44 bits per heavy atom. The number of aliphatic hydroxyl groups is 6. The van der Waals surface area contributed by atoms with E-state index in [4.69, 9.17) is 67.6 Å². The van der Waals surface area contributed by atoms with Crippen molar-refractivity contribution in [2.24, 2.45) is 5.92 Å². The van der Waals surface area contributed by atoms with Gasteiger partial charge >= 0.3 is 5.97 Å². The Kier molecular flexibility index (Phi) is 141. The van der Waals surface area contributed by atoms with E-state index >= 15 is 0 Å². The molecular weight excluding hydrogens is 1220 g/mol. The lowest BCUT2D eigenvalue weighted by Gasteiger charge is -2.22. The van der Waals surface area contributed by atoms with Crippen molar-refractivity contribution in [2.75, 3.05) is 76.4 Å². The van der Waals surface area contributed by atoms with Crippen LogP contribution in [0.5, 0.6) is 0 Å². The highest BCUT2D eigenvalue weighted by atomic mass is 79.9. The third-order valence-electron chi connectivity index (χ3n) is 9.86. The molecule has 2 aromatic rings. The molecule has 4 rings (SSSR count). The van der Waals surface area contributed by atoms with E-state index in [1.165, 1.54) is 77.0 Å². The van der Waals surface area contributed by atoms with E-state index in [0.717, 1.165) is 117 Å². The minimum Gasteiger partial charge on any atom is -0.462 e. The van der Waals surface area contributed by atoms with Crippen LogP contribution in [0.1, 0.15) is 257 Å². The Bertz CT molecular complexity index is 1420. The molecule has 87 heavy (non-hydrogen) atoms. The van der Waals surface area contributed by atoms with Crippen LogP contribution in [0.15, 0.2) is 78.5 Å². The summed E-state index contributed by atoms with van der Waals surface area (Å²) in [5.74, 6) is 4.49. The molecule has 1 aromatic heterocycles. The van der Waals surface area contributed by atoms with E-state index in [1.54, 1.807) is 65.9 Å². The molecule has 1 aliphatic carbocycles. The summed E-state index contributed by atoms with van der Waals surface area (Å²) in [7, 11) is 3.20. The molecule has 2 heterocycles. The van der Waals surface area contributed by atoms with Crippen molar-refractivity contribution in [2.45, 2.75) is 271 Å². The summed E-state index contributed by atoms with van der Waals surface area (Å²) in [4.78, 5) is 14.7. The molecule has 0 radical (unpaired) electrons. The molecule has 522 valence electrons. The highest BCUT2D eigenvalue weighted by molar-refractivity contribution is 9.09. The summed E-state index contributed by atoms with van der Waals surface area (Å²) in [5.41, 5.74) is 2.21. The number of carbonyl (C=O) groups is 1. The summed E-state index contributed by atoms with van der Waals surface area (Å²) in [5, 5.41) is 51.5. The molecule has 0 spiro atoms. The van der Waals surface area contributed by atoms with Gasteiger partial charge in [0.1, 0.15) is 5.03 Å². The van der Waals surface area contributed by atoms with Gasteiger partial charge in [-0.1, -0.05) is 225 Å². The number of halogens is 2. The van der Waals surface area contributed by atoms with Crippen molar-refractivity contribution in [3.63, 3.8) is 0 Å². The van der Waals surface area contributed by atoms with Gasteiger partial charge in [-0.05, 0) is 124 Å². The number of ether oxygens (including phenoxy) is 4. The van der Waals surface area contributed by atoms with Crippen molar-refractivity contribution in [3.8, 4) is 12.3 Å². The molecule has 1 unspecified atom stereocenters.